The predicted octanol–water partition coefficient (Wildman–Crippen LogP) is -0.930. The molecule has 0 saturated carbocycles. The Morgan fingerprint density at radius 1 is 0.925 bits per heavy atom. The lowest BCUT2D eigenvalue weighted by atomic mass is 10.0. The van der Waals surface area contributed by atoms with E-state index in [2.05, 4.69) is 20.9 Å². The highest BCUT2D eigenvalue weighted by molar-refractivity contribution is 7.98. The van der Waals surface area contributed by atoms with E-state index in [1.54, 1.807) is 12.5 Å². The summed E-state index contributed by atoms with van der Waals surface area (Å²) in [5.41, 5.74) is 12.9. The zero-order chi connectivity index (χ0) is 29.8. The van der Waals surface area contributed by atoms with Gasteiger partial charge in [-0.25, -0.2) is 4.79 Å². The molecule has 10 N–H and O–H groups in total. The van der Waals surface area contributed by atoms with Gasteiger partial charge in [-0.3, -0.25) is 24.0 Å². The SMILES string of the molecule is CSCCC(NC(=O)C(CCC(=O)O)NC(=O)C(CC(N)=O)NC(=O)C(N)Cc1c[nH]c2ccccc12)C(=O)O. The Labute approximate surface area is 234 Å². The first kappa shape index (κ1) is 32.1. The summed E-state index contributed by atoms with van der Waals surface area (Å²) in [4.78, 5) is 76.1. The number of carbonyl (C=O) groups excluding carboxylic acids is 4. The third-order valence-corrected chi connectivity index (χ3v) is 6.64. The molecule has 0 aliphatic heterocycles. The highest BCUT2D eigenvalue weighted by atomic mass is 32.2. The number of carboxylic acids is 2. The van der Waals surface area contributed by atoms with Gasteiger partial charge in [0.1, 0.15) is 18.1 Å². The van der Waals surface area contributed by atoms with Crippen LogP contribution in [0.25, 0.3) is 10.9 Å². The van der Waals surface area contributed by atoms with Gasteiger partial charge in [0.15, 0.2) is 0 Å². The normalized spacial score (nSPS) is 13.9. The Morgan fingerprint density at radius 3 is 2.17 bits per heavy atom. The Hall–Kier alpha value is -4.11. The molecule has 4 unspecified atom stereocenters. The first-order chi connectivity index (χ1) is 18.9. The third kappa shape index (κ3) is 9.89. The topological polar surface area (TPSA) is 247 Å². The van der Waals surface area contributed by atoms with Gasteiger partial charge in [0.25, 0.3) is 0 Å². The van der Waals surface area contributed by atoms with Gasteiger partial charge in [-0.1, -0.05) is 18.2 Å². The summed E-state index contributed by atoms with van der Waals surface area (Å²) < 4.78 is 0. The number of thioether (sulfide) groups is 1. The van der Waals surface area contributed by atoms with Gasteiger partial charge >= 0.3 is 11.9 Å². The number of nitrogens with two attached hydrogens (primary N) is 2. The number of fused-ring (bicyclic) bond motifs is 1. The number of aromatic amines is 1. The van der Waals surface area contributed by atoms with Crippen LogP contribution in [0, 0.1) is 0 Å². The molecule has 4 amide bonds. The first-order valence-electron chi connectivity index (χ1n) is 12.4. The molecule has 0 aliphatic carbocycles. The minimum Gasteiger partial charge on any atom is -0.481 e. The Bertz CT molecular complexity index is 1230. The Kier molecular flexibility index (Phi) is 12.4. The average Bonchev–Trinajstić information content (AvgIpc) is 3.30. The lowest BCUT2D eigenvalue weighted by Gasteiger charge is -2.24. The van der Waals surface area contributed by atoms with E-state index in [9.17, 15) is 33.9 Å². The second-order valence-corrected chi connectivity index (χ2v) is 10.1. The van der Waals surface area contributed by atoms with E-state index in [4.69, 9.17) is 16.6 Å². The molecule has 0 fully saturated rings. The Morgan fingerprint density at radius 2 is 1.55 bits per heavy atom. The fourth-order valence-electron chi connectivity index (χ4n) is 3.89. The fraction of sp³-hybridized carbons (Fsp3) is 0.440. The molecule has 40 heavy (non-hydrogen) atoms. The number of hydrogen-bond acceptors (Lipinski definition) is 8. The van der Waals surface area contributed by atoms with Crippen LogP contribution in [-0.2, 0) is 35.2 Å². The highest BCUT2D eigenvalue weighted by Gasteiger charge is 2.31. The predicted molar refractivity (Wildman–Crippen MR) is 147 cm³/mol. The third-order valence-electron chi connectivity index (χ3n) is 5.99. The number of primary amides is 1. The molecule has 1 heterocycles. The van der Waals surface area contributed by atoms with Gasteiger partial charge < -0.3 is 42.6 Å². The van der Waals surface area contributed by atoms with Crippen molar-refractivity contribution in [2.75, 3.05) is 12.0 Å². The van der Waals surface area contributed by atoms with E-state index >= 15 is 0 Å². The molecular weight excluding hydrogens is 544 g/mol. The van der Waals surface area contributed by atoms with E-state index < -0.39 is 72.6 Å². The molecule has 4 atom stereocenters. The maximum atomic E-state index is 13.1. The summed E-state index contributed by atoms with van der Waals surface area (Å²) in [6.45, 7) is 0. The number of para-hydroxylation sites is 1. The largest absolute Gasteiger partial charge is 0.481 e. The van der Waals surface area contributed by atoms with Crippen LogP contribution >= 0.6 is 11.8 Å². The molecule has 0 spiro atoms. The fourth-order valence-corrected chi connectivity index (χ4v) is 4.37. The lowest BCUT2D eigenvalue weighted by molar-refractivity contribution is -0.143. The lowest BCUT2D eigenvalue weighted by Crippen LogP contribution is -2.58. The summed E-state index contributed by atoms with van der Waals surface area (Å²) in [5.74, 6) is -5.74. The molecule has 0 bridgehead atoms. The van der Waals surface area contributed by atoms with Crippen molar-refractivity contribution in [3.05, 3.63) is 36.0 Å². The maximum Gasteiger partial charge on any atom is 0.326 e. The van der Waals surface area contributed by atoms with Gasteiger partial charge in [0, 0.05) is 23.5 Å². The quantitative estimate of drug-likeness (QED) is 0.114. The van der Waals surface area contributed by atoms with Gasteiger partial charge in [-0.2, -0.15) is 11.8 Å². The van der Waals surface area contributed by atoms with Crippen LogP contribution in [0.2, 0.25) is 0 Å². The van der Waals surface area contributed by atoms with Crippen LogP contribution in [0.15, 0.2) is 30.5 Å². The number of rotatable bonds is 17. The van der Waals surface area contributed by atoms with Crippen LogP contribution in [0.4, 0.5) is 0 Å². The summed E-state index contributed by atoms with van der Waals surface area (Å²) in [5, 5.41) is 26.3. The molecule has 218 valence electrons. The molecular formula is C25H34N6O8S. The molecule has 2 rings (SSSR count). The van der Waals surface area contributed by atoms with Gasteiger partial charge in [0.2, 0.25) is 23.6 Å². The minimum absolute atomic E-state index is 0.0938. The monoisotopic (exact) mass is 578 g/mol. The zero-order valence-electron chi connectivity index (χ0n) is 21.8. The molecule has 0 saturated heterocycles. The van der Waals surface area contributed by atoms with Crippen molar-refractivity contribution in [3.8, 4) is 0 Å². The van der Waals surface area contributed by atoms with E-state index in [0.717, 1.165) is 16.5 Å². The summed E-state index contributed by atoms with van der Waals surface area (Å²) >= 11 is 1.37. The van der Waals surface area contributed by atoms with Gasteiger partial charge in [0.05, 0.1) is 12.5 Å². The van der Waals surface area contributed by atoms with Gasteiger partial charge in [-0.05, 0) is 42.9 Å². The van der Waals surface area contributed by atoms with E-state index in [1.165, 1.54) is 11.8 Å². The van der Waals surface area contributed by atoms with Crippen molar-refractivity contribution in [2.45, 2.75) is 56.3 Å². The van der Waals surface area contributed by atoms with Crippen molar-refractivity contribution in [1.82, 2.24) is 20.9 Å². The highest BCUT2D eigenvalue weighted by Crippen LogP contribution is 2.18. The second kappa shape index (κ2) is 15.5. The van der Waals surface area contributed by atoms with Crippen LogP contribution in [0.1, 0.15) is 31.2 Å². The van der Waals surface area contributed by atoms with Crippen molar-refractivity contribution in [1.29, 1.82) is 0 Å². The smallest absolute Gasteiger partial charge is 0.326 e. The van der Waals surface area contributed by atoms with Crippen LogP contribution in [0.5, 0.6) is 0 Å². The molecule has 14 nitrogen and oxygen atoms in total. The van der Waals surface area contributed by atoms with Crippen molar-refractivity contribution < 1.29 is 39.0 Å². The number of aromatic nitrogens is 1. The maximum absolute atomic E-state index is 13.1. The number of benzene rings is 1. The van der Waals surface area contributed by atoms with Crippen molar-refractivity contribution in [2.24, 2.45) is 11.5 Å². The standard InChI is InChI=1S/C25H34N6O8S/c1-40-9-8-18(25(38)39)30-23(36)17(6-7-21(33)34)29-24(37)19(11-20(27)32)31-22(35)15(26)10-13-12-28-16-5-3-2-4-14(13)16/h2-5,12,15,17-19,28H,6-11,26H2,1H3,(H2,27,32)(H,29,37)(H,30,36)(H,31,35)(H,33,34)(H,38,39). The summed E-state index contributed by atoms with van der Waals surface area (Å²) in [6, 6.07) is 2.02. The van der Waals surface area contributed by atoms with Crippen LogP contribution in [-0.4, -0.2) is 86.9 Å². The number of carbonyl (C=O) groups is 6. The number of H-pyrrole nitrogens is 1. The molecule has 1 aromatic heterocycles. The van der Waals surface area contributed by atoms with Crippen molar-refractivity contribution in [3.63, 3.8) is 0 Å². The number of carboxylic acid groups (broad SMARTS) is 2. The number of aliphatic carboxylic acids is 2. The van der Waals surface area contributed by atoms with E-state index in [0.29, 0.717) is 5.75 Å². The van der Waals surface area contributed by atoms with E-state index in [1.807, 2.05) is 24.3 Å². The summed E-state index contributed by atoms with van der Waals surface area (Å²) in [7, 11) is 0. The minimum atomic E-state index is -1.52. The van der Waals surface area contributed by atoms with Crippen LogP contribution in [0.3, 0.4) is 0 Å². The number of amides is 4. The average molecular weight is 579 g/mol. The van der Waals surface area contributed by atoms with Crippen molar-refractivity contribution >= 4 is 58.2 Å². The zero-order valence-corrected chi connectivity index (χ0v) is 22.7. The summed E-state index contributed by atoms with van der Waals surface area (Å²) in [6.07, 6.45) is 2.14. The van der Waals surface area contributed by atoms with E-state index in [-0.39, 0.29) is 19.3 Å². The van der Waals surface area contributed by atoms with Crippen LogP contribution < -0.4 is 27.4 Å². The molecule has 2 aromatic rings. The number of nitrogens with one attached hydrogen (secondary N) is 4. The van der Waals surface area contributed by atoms with Gasteiger partial charge in [-0.15, -0.1) is 0 Å². The molecule has 1 aromatic carbocycles. The first-order valence-corrected chi connectivity index (χ1v) is 13.8. The number of hydrogen-bond donors (Lipinski definition) is 8. The molecule has 0 radical (unpaired) electrons. The molecule has 0 aliphatic rings. The molecule has 15 heteroatoms. The Balaban J connectivity index is 2.14. The second-order valence-electron chi connectivity index (χ2n) is 9.08.